The maximum Gasteiger partial charge on any atom is 0.271 e. The van der Waals surface area contributed by atoms with Crippen LogP contribution < -0.4 is 10.2 Å². The second-order valence-electron chi connectivity index (χ2n) is 6.11. The summed E-state index contributed by atoms with van der Waals surface area (Å²) in [6, 6.07) is 17.8. The first-order chi connectivity index (χ1) is 14.4. The van der Waals surface area contributed by atoms with E-state index in [0.717, 1.165) is 11.1 Å². The van der Waals surface area contributed by atoms with Crippen LogP contribution in [0.4, 0.5) is 5.69 Å². The van der Waals surface area contributed by atoms with Crippen molar-refractivity contribution < 1.29 is 14.5 Å². The van der Waals surface area contributed by atoms with Gasteiger partial charge >= 0.3 is 0 Å². The number of ether oxygens (including phenoxy) is 1. The Morgan fingerprint density at radius 2 is 1.73 bits per heavy atom. The van der Waals surface area contributed by atoms with Crippen LogP contribution >= 0.6 is 23.2 Å². The van der Waals surface area contributed by atoms with Gasteiger partial charge in [-0.25, -0.2) is 5.43 Å². The van der Waals surface area contributed by atoms with Crippen LogP contribution in [0.25, 0.3) is 0 Å². The molecule has 0 aliphatic carbocycles. The number of amides is 1. The number of non-ortho nitro benzene ring substituents is 1. The normalized spacial score (nSPS) is 10.7. The van der Waals surface area contributed by atoms with E-state index in [9.17, 15) is 14.9 Å². The minimum absolute atomic E-state index is 0.0358. The number of carbonyl (C=O) groups is 1. The monoisotopic (exact) mass is 443 g/mol. The van der Waals surface area contributed by atoms with Crippen molar-refractivity contribution in [3.8, 4) is 5.75 Å². The van der Waals surface area contributed by atoms with Gasteiger partial charge in [0, 0.05) is 17.7 Å². The lowest BCUT2D eigenvalue weighted by Crippen LogP contribution is -2.17. The van der Waals surface area contributed by atoms with Crippen molar-refractivity contribution in [2.45, 2.75) is 6.61 Å². The highest BCUT2D eigenvalue weighted by Crippen LogP contribution is 2.22. The molecule has 0 saturated heterocycles. The van der Waals surface area contributed by atoms with Crippen LogP contribution in [-0.4, -0.2) is 17.0 Å². The topological polar surface area (TPSA) is 93.8 Å². The SMILES string of the molecule is O=C(N/N=C\c1ccc(OCc2ccc([N+](=O)[O-])cc2)cc1)c1ccc(Cl)c(Cl)c1. The molecule has 3 rings (SSSR count). The van der Waals surface area contributed by atoms with Crippen molar-refractivity contribution in [1.29, 1.82) is 0 Å². The summed E-state index contributed by atoms with van der Waals surface area (Å²) in [5.41, 5.74) is 4.37. The predicted molar refractivity (Wildman–Crippen MR) is 115 cm³/mol. The number of nitro groups is 1. The molecule has 1 N–H and O–H groups in total. The quantitative estimate of drug-likeness (QED) is 0.306. The van der Waals surface area contributed by atoms with E-state index < -0.39 is 10.8 Å². The number of benzene rings is 3. The summed E-state index contributed by atoms with van der Waals surface area (Å²) in [7, 11) is 0. The lowest BCUT2D eigenvalue weighted by Gasteiger charge is -2.06. The summed E-state index contributed by atoms with van der Waals surface area (Å²) >= 11 is 11.7. The van der Waals surface area contributed by atoms with Gasteiger partial charge in [0.25, 0.3) is 11.6 Å². The number of nitro benzene ring substituents is 1. The summed E-state index contributed by atoms with van der Waals surface area (Å²) in [6.45, 7) is 0.283. The molecular formula is C21H15Cl2N3O4. The largest absolute Gasteiger partial charge is 0.489 e. The number of halogens is 2. The van der Waals surface area contributed by atoms with Gasteiger partial charge in [-0.3, -0.25) is 14.9 Å². The Labute approximate surface area is 182 Å². The summed E-state index contributed by atoms with van der Waals surface area (Å²) < 4.78 is 5.66. The zero-order valence-electron chi connectivity index (χ0n) is 15.4. The molecule has 0 aliphatic rings. The van der Waals surface area contributed by atoms with Crippen LogP contribution in [0.15, 0.2) is 71.8 Å². The fourth-order valence-corrected chi connectivity index (χ4v) is 2.70. The number of hydrogen-bond acceptors (Lipinski definition) is 5. The molecule has 30 heavy (non-hydrogen) atoms. The van der Waals surface area contributed by atoms with E-state index in [1.807, 2.05) is 0 Å². The first kappa shape index (κ1) is 21.3. The fraction of sp³-hybridized carbons (Fsp3) is 0.0476. The van der Waals surface area contributed by atoms with Gasteiger partial charge in [0.2, 0.25) is 0 Å². The molecule has 0 heterocycles. The minimum atomic E-state index is -0.446. The van der Waals surface area contributed by atoms with Gasteiger partial charge in [0.1, 0.15) is 12.4 Å². The maximum absolute atomic E-state index is 12.0. The van der Waals surface area contributed by atoms with Gasteiger partial charge in [0.15, 0.2) is 0 Å². The Hall–Kier alpha value is -3.42. The van der Waals surface area contributed by atoms with Crippen molar-refractivity contribution in [1.82, 2.24) is 5.43 Å². The Kier molecular flexibility index (Phi) is 7.00. The first-order valence-corrected chi connectivity index (χ1v) is 9.42. The molecule has 0 fully saturated rings. The average Bonchev–Trinajstić information content (AvgIpc) is 2.75. The second kappa shape index (κ2) is 9.87. The highest BCUT2D eigenvalue weighted by Gasteiger charge is 2.07. The fourth-order valence-electron chi connectivity index (χ4n) is 2.40. The standard InChI is InChI=1S/C21H15Cl2N3O4/c22-19-10-5-16(11-20(19)23)21(27)25-24-12-14-3-8-18(9-4-14)30-13-15-1-6-17(7-2-15)26(28)29/h1-12H,13H2,(H,25,27)/b24-12-. The van der Waals surface area contributed by atoms with Gasteiger partial charge in [-0.1, -0.05) is 23.2 Å². The van der Waals surface area contributed by atoms with E-state index in [1.165, 1.54) is 30.5 Å². The molecule has 152 valence electrons. The summed E-state index contributed by atoms with van der Waals surface area (Å²) in [5, 5.41) is 15.2. The Bertz CT molecular complexity index is 1080. The van der Waals surface area contributed by atoms with Crippen LogP contribution in [0.2, 0.25) is 10.0 Å². The van der Waals surface area contributed by atoms with Crippen molar-refractivity contribution in [2.75, 3.05) is 0 Å². The summed E-state index contributed by atoms with van der Waals surface area (Å²) in [6.07, 6.45) is 1.50. The molecule has 0 bridgehead atoms. The highest BCUT2D eigenvalue weighted by molar-refractivity contribution is 6.42. The molecule has 9 heteroatoms. The smallest absolute Gasteiger partial charge is 0.271 e. The molecule has 0 radical (unpaired) electrons. The van der Waals surface area contributed by atoms with Gasteiger partial charge in [0.05, 0.1) is 21.2 Å². The van der Waals surface area contributed by atoms with E-state index in [1.54, 1.807) is 42.5 Å². The van der Waals surface area contributed by atoms with E-state index in [2.05, 4.69) is 10.5 Å². The lowest BCUT2D eigenvalue weighted by atomic mass is 10.2. The lowest BCUT2D eigenvalue weighted by molar-refractivity contribution is -0.384. The molecule has 1 amide bonds. The van der Waals surface area contributed by atoms with E-state index in [-0.39, 0.29) is 17.3 Å². The van der Waals surface area contributed by atoms with Crippen LogP contribution in [-0.2, 0) is 6.61 Å². The van der Waals surface area contributed by atoms with Crippen LogP contribution in [0.1, 0.15) is 21.5 Å². The van der Waals surface area contributed by atoms with Crippen molar-refractivity contribution in [3.05, 3.63) is 104 Å². The predicted octanol–water partition coefficient (Wildman–Crippen LogP) is 5.24. The zero-order chi connectivity index (χ0) is 21.5. The van der Waals surface area contributed by atoms with Gasteiger partial charge in [-0.2, -0.15) is 5.10 Å². The van der Waals surface area contributed by atoms with Crippen LogP contribution in [0.5, 0.6) is 5.75 Å². The van der Waals surface area contributed by atoms with E-state index in [0.29, 0.717) is 16.3 Å². The summed E-state index contributed by atoms with van der Waals surface area (Å²) in [5.74, 6) is 0.221. The molecule has 0 atom stereocenters. The molecule has 0 aromatic heterocycles. The number of nitrogens with one attached hydrogen (secondary N) is 1. The molecule has 7 nitrogen and oxygen atoms in total. The third-order valence-electron chi connectivity index (χ3n) is 3.99. The Morgan fingerprint density at radius 3 is 2.37 bits per heavy atom. The van der Waals surface area contributed by atoms with Crippen molar-refractivity contribution in [3.63, 3.8) is 0 Å². The second-order valence-corrected chi connectivity index (χ2v) is 6.92. The molecule has 3 aromatic rings. The number of carbonyl (C=O) groups excluding carboxylic acids is 1. The number of nitrogens with zero attached hydrogens (tertiary/aromatic N) is 2. The zero-order valence-corrected chi connectivity index (χ0v) is 16.9. The third-order valence-corrected chi connectivity index (χ3v) is 4.73. The molecule has 0 aliphatic heterocycles. The first-order valence-electron chi connectivity index (χ1n) is 8.67. The summed E-state index contributed by atoms with van der Waals surface area (Å²) in [4.78, 5) is 22.3. The molecule has 0 saturated carbocycles. The van der Waals surface area contributed by atoms with Gasteiger partial charge < -0.3 is 4.74 Å². The maximum atomic E-state index is 12.0. The third kappa shape index (κ3) is 5.79. The Morgan fingerprint density at radius 1 is 1.03 bits per heavy atom. The van der Waals surface area contributed by atoms with Crippen LogP contribution in [0, 0.1) is 10.1 Å². The number of hydrogen-bond donors (Lipinski definition) is 1. The Balaban J connectivity index is 1.51. The highest BCUT2D eigenvalue weighted by atomic mass is 35.5. The van der Waals surface area contributed by atoms with Gasteiger partial charge in [-0.05, 0) is 65.7 Å². The minimum Gasteiger partial charge on any atom is -0.489 e. The number of rotatable bonds is 7. The number of hydrazone groups is 1. The molecule has 3 aromatic carbocycles. The van der Waals surface area contributed by atoms with E-state index in [4.69, 9.17) is 27.9 Å². The van der Waals surface area contributed by atoms with Crippen LogP contribution in [0.3, 0.4) is 0 Å². The average molecular weight is 444 g/mol. The van der Waals surface area contributed by atoms with Crippen molar-refractivity contribution in [2.24, 2.45) is 5.10 Å². The molecule has 0 unspecified atom stereocenters. The van der Waals surface area contributed by atoms with E-state index >= 15 is 0 Å². The molecular weight excluding hydrogens is 429 g/mol. The van der Waals surface area contributed by atoms with Gasteiger partial charge in [-0.15, -0.1) is 0 Å². The van der Waals surface area contributed by atoms with Crippen molar-refractivity contribution >= 4 is 41.0 Å². The molecule has 0 spiro atoms.